The van der Waals surface area contributed by atoms with Crippen molar-refractivity contribution in [3.63, 3.8) is 0 Å². The zero-order valence-electron chi connectivity index (χ0n) is 8.52. The topological polar surface area (TPSA) is 46.2 Å². The number of nitrogens with one attached hydrogen (secondary N) is 1. The molecule has 0 bridgehead atoms. The summed E-state index contributed by atoms with van der Waals surface area (Å²) in [6.45, 7) is 0. The van der Waals surface area contributed by atoms with E-state index in [1.165, 1.54) is 11.3 Å². The highest BCUT2D eigenvalue weighted by atomic mass is 79.9. The van der Waals surface area contributed by atoms with Gasteiger partial charge in [0, 0.05) is 10.5 Å². The van der Waals surface area contributed by atoms with Crippen molar-refractivity contribution in [1.29, 1.82) is 0 Å². The van der Waals surface area contributed by atoms with E-state index in [1.54, 1.807) is 11.4 Å². The fourth-order valence-corrected chi connectivity index (χ4v) is 5.28. The second kappa shape index (κ2) is 5.00. The van der Waals surface area contributed by atoms with E-state index in [-0.39, 0.29) is 6.04 Å². The van der Waals surface area contributed by atoms with Gasteiger partial charge in [0.1, 0.15) is 4.21 Å². The van der Waals surface area contributed by atoms with E-state index in [0.717, 1.165) is 19.3 Å². The summed E-state index contributed by atoms with van der Waals surface area (Å²) in [7, 11) is -3.36. The van der Waals surface area contributed by atoms with Crippen molar-refractivity contribution in [3.8, 4) is 0 Å². The maximum absolute atomic E-state index is 12.0. The summed E-state index contributed by atoms with van der Waals surface area (Å²) in [6.07, 6.45) is 6.71. The average Bonchev–Trinajstić information content (AvgIpc) is 2.66. The van der Waals surface area contributed by atoms with Crippen molar-refractivity contribution in [3.05, 3.63) is 28.1 Å². The molecular weight excluding hydrogens is 310 g/mol. The Kier molecular flexibility index (Phi) is 3.84. The normalized spacial score (nSPS) is 21.2. The van der Waals surface area contributed by atoms with Crippen LogP contribution in [0.15, 0.2) is 32.3 Å². The summed E-state index contributed by atoms with van der Waals surface area (Å²) < 4.78 is 27.8. The van der Waals surface area contributed by atoms with Gasteiger partial charge >= 0.3 is 0 Å². The van der Waals surface area contributed by atoms with Crippen LogP contribution < -0.4 is 4.72 Å². The minimum atomic E-state index is -3.36. The zero-order chi connectivity index (χ0) is 11.6. The lowest BCUT2D eigenvalue weighted by Gasteiger charge is -2.18. The van der Waals surface area contributed by atoms with Crippen LogP contribution in [-0.4, -0.2) is 14.5 Å². The molecule has 1 atom stereocenters. The highest BCUT2D eigenvalue weighted by Gasteiger charge is 2.23. The second-order valence-electron chi connectivity index (χ2n) is 3.66. The summed E-state index contributed by atoms with van der Waals surface area (Å²) in [5, 5.41) is 1.76. The maximum atomic E-state index is 12.0. The van der Waals surface area contributed by atoms with Gasteiger partial charge < -0.3 is 0 Å². The molecule has 0 amide bonds. The van der Waals surface area contributed by atoms with E-state index in [2.05, 4.69) is 26.7 Å². The zero-order valence-corrected chi connectivity index (χ0v) is 11.7. The van der Waals surface area contributed by atoms with E-state index < -0.39 is 10.0 Å². The first-order valence-electron chi connectivity index (χ1n) is 5.00. The molecule has 0 aliphatic heterocycles. The molecule has 0 saturated heterocycles. The van der Waals surface area contributed by atoms with Gasteiger partial charge in [0.25, 0.3) is 10.0 Å². The number of allylic oxidation sites excluding steroid dienone is 1. The van der Waals surface area contributed by atoms with Gasteiger partial charge in [0.2, 0.25) is 0 Å². The lowest BCUT2D eigenvalue weighted by Crippen LogP contribution is -2.35. The fourth-order valence-electron chi connectivity index (χ4n) is 1.65. The average molecular weight is 322 g/mol. The fraction of sp³-hybridized carbons (Fsp3) is 0.400. The highest BCUT2D eigenvalue weighted by molar-refractivity contribution is 9.10. The first kappa shape index (κ1) is 12.3. The molecule has 6 heteroatoms. The van der Waals surface area contributed by atoms with E-state index >= 15 is 0 Å². The van der Waals surface area contributed by atoms with Crippen LogP contribution in [0.4, 0.5) is 0 Å². The van der Waals surface area contributed by atoms with E-state index in [9.17, 15) is 8.42 Å². The maximum Gasteiger partial charge on any atom is 0.251 e. The standard InChI is InChI=1S/C10H12BrNO2S2/c11-9-6-7-15-10(9)16(13,14)12-8-4-2-1-3-5-8/h1-2,6-8,12H,3-5H2. The monoisotopic (exact) mass is 321 g/mol. The summed E-state index contributed by atoms with van der Waals surface area (Å²) in [5.74, 6) is 0. The van der Waals surface area contributed by atoms with Crippen molar-refractivity contribution in [2.45, 2.75) is 29.5 Å². The van der Waals surface area contributed by atoms with Crippen LogP contribution in [0, 0.1) is 0 Å². The van der Waals surface area contributed by atoms with Gasteiger partial charge in [-0.2, -0.15) is 0 Å². The molecule has 0 spiro atoms. The van der Waals surface area contributed by atoms with Crippen molar-refractivity contribution in [1.82, 2.24) is 4.72 Å². The summed E-state index contributed by atoms with van der Waals surface area (Å²) >= 11 is 4.47. The van der Waals surface area contributed by atoms with Gasteiger partial charge in [-0.15, -0.1) is 11.3 Å². The Labute approximate surface area is 108 Å². The largest absolute Gasteiger partial charge is 0.251 e. The molecule has 1 aromatic rings. The van der Waals surface area contributed by atoms with Gasteiger partial charge in [0.15, 0.2) is 0 Å². The number of halogens is 1. The van der Waals surface area contributed by atoms with E-state index in [4.69, 9.17) is 0 Å². The third-order valence-corrected chi connectivity index (χ3v) is 6.61. The summed E-state index contributed by atoms with van der Waals surface area (Å²) in [5.41, 5.74) is 0. The van der Waals surface area contributed by atoms with Gasteiger partial charge in [-0.3, -0.25) is 0 Å². The van der Waals surface area contributed by atoms with Gasteiger partial charge in [-0.05, 0) is 46.6 Å². The minimum Gasteiger partial charge on any atom is -0.207 e. The quantitative estimate of drug-likeness (QED) is 0.870. The molecule has 1 unspecified atom stereocenters. The molecule has 1 aliphatic carbocycles. The Balaban J connectivity index is 2.14. The Hall–Kier alpha value is -0.170. The number of sulfonamides is 1. The lowest BCUT2D eigenvalue weighted by atomic mass is 10.0. The molecule has 1 N–H and O–H groups in total. The van der Waals surface area contributed by atoms with Crippen molar-refractivity contribution < 1.29 is 8.42 Å². The Morgan fingerprint density at radius 1 is 1.44 bits per heavy atom. The van der Waals surface area contributed by atoms with Crippen molar-refractivity contribution in [2.75, 3.05) is 0 Å². The number of hydrogen-bond donors (Lipinski definition) is 1. The predicted molar refractivity (Wildman–Crippen MR) is 69.1 cm³/mol. The first-order valence-corrected chi connectivity index (χ1v) is 8.15. The summed E-state index contributed by atoms with van der Waals surface area (Å²) in [4.78, 5) is 0. The SMILES string of the molecule is O=S(=O)(NC1CC=CCC1)c1sccc1Br. The highest BCUT2D eigenvalue weighted by Crippen LogP contribution is 2.28. The number of rotatable bonds is 3. The predicted octanol–water partition coefficient (Wildman–Crippen LogP) is 2.90. The molecule has 3 nitrogen and oxygen atoms in total. The van der Waals surface area contributed by atoms with Gasteiger partial charge in [-0.25, -0.2) is 13.1 Å². The Morgan fingerprint density at radius 3 is 2.81 bits per heavy atom. The van der Waals surface area contributed by atoms with Crippen LogP contribution in [0.1, 0.15) is 19.3 Å². The van der Waals surface area contributed by atoms with Crippen LogP contribution >= 0.6 is 27.3 Å². The van der Waals surface area contributed by atoms with Gasteiger partial charge in [-0.1, -0.05) is 12.2 Å². The summed E-state index contributed by atoms with van der Waals surface area (Å²) in [6, 6.07) is 1.78. The lowest BCUT2D eigenvalue weighted by molar-refractivity contribution is 0.523. The Bertz CT molecular complexity index is 493. The van der Waals surface area contributed by atoms with Crippen LogP contribution in [-0.2, 0) is 10.0 Å². The van der Waals surface area contributed by atoms with E-state index in [1.807, 2.05) is 6.08 Å². The molecule has 2 rings (SSSR count). The third-order valence-electron chi connectivity index (χ3n) is 2.42. The number of hydrogen-bond acceptors (Lipinski definition) is 3. The van der Waals surface area contributed by atoms with Crippen molar-refractivity contribution in [2.24, 2.45) is 0 Å². The number of thiophene rings is 1. The molecule has 0 radical (unpaired) electrons. The van der Waals surface area contributed by atoms with E-state index in [0.29, 0.717) is 8.68 Å². The smallest absolute Gasteiger partial charge is 0.207 e. The molecular formula is C10H12BrNO2S2. The van der Waals surface area contributed by atoms with Crippen LogP contribution in [0.2, 0.25) is 0 Å². The third kappa shape index (κ3) is 2.74. The Morgan fingerprint density at radius 2 is 2.25 bits per heavy atom. The molecule has 1 heterocycles. The molecule has 1 aliphatic rings. The second-order valence-corrected chi connectivity index (χ2v) is 7.34. The molecule has 16 heavy (non-hydrogen) atoms. The van der Waals surface area contributed by atoms with Crippen molar-refractivity contribution >= 4 is 37.3 Å². The minimum absolute atomic E-state index is 0.0315. The molecule has 0 saturated carbocycles. The van der Waals surface area contributed by atoms with Crippen LogP contribution in [0.25, 0.3) is 0 Å². The van der Waals surface area contributed by atoms with Crippen LogP contribution in [0.3, 0.4) is 0 Å². The molecule has 88 valence electrons. The van der Waals surface area contributed by atoms with Gasteiger partial charge in [0.05, 0.1) is 0 Å². The molecule has 0 fully saturated rings. The molecule has 0 aromatic carbocycles. The first-order chi connectivity index (χ1) is 7.59. The molecule has 1 aromatic heterocycles. The van der Waals surface area contributed by atoms with Crippen LogP contribution in [0.5, 0.6) is 0 Å².